The number of carbonyl (C=O) groups excluding carboxylic acids is 1. The molecule has 0 aliphatic carbocycles. The number of nitrogens with two attached hydrogens (primary N) is 1. The molecule has 8 heteroatoms. The minimum absolute atomic E-state index is 0.146. The van der Waals surface area contributed by atoms with E-state index in [9.17, 15) is 22.8 Å². The minimum atomic E-state index is -3.48. The van der Waals surface area contributed by atoms with Crippen molar-refractivity contribution in [3.63, 3.8) is 0 Å². The van der Waals surface area contributed by atoms with Crippen LogP contribution in [0.4, 0.5) is 19.0 Å². The topological polar surface area (TPSA) is 78.0 Å². The number of hydrogen-bond donors (Lipinski definition) is 1. The van der Waals surface area contributed by atoms with Gasteiger partial charge in [-0.2, -0.15) is 4.98 Å². The molecule has 1 heterocycles. The summed E-state index contributed by atoms with van der Waals surface area (Å²) in [5.41, 5.74) is 3.89. The minimum Gasteiger partial charge on any atom is -0.383 e. The van der Waals surface area contributed by atoms with Gasteiger partial charge in [0.2, 0.25) is 6.17 Å². The summed E-state index contributed by atoms with van der Waals surface area (Å²) in [6.07, 6.45) is -5.74. The van der Waals surface area contributed by atoms with Crippen molar-refractivity contribution in [2.45, 2.75) is 12.6 Å². The number of hydrogen-bond acceptors (Lipinski definition) is 4. The summed E-state index contributed by atoms with van der Waals surface area (Å²) in [5.74, 6) is -1.85. The zero-order chi connectivity index (χ0) is 11.6. The van der Waals surface area contributed by atoms with Gasteiger partial charge >= 0.3 is 5.69 Å². The second-order valence-electron chi connectivity index (χ2n) is 2.58. The molecule has 0 saturated heterocycles. The fourth-order valence-corrected chi connectivity index (χ4v) is 0.825. The molecule has 5 nitrogen and oxygen atoms in total. The molecule has 0 amide bonds. The Kier molecular flexibility index (Phi) is 3.08. The molecule has 0 bridgehead atoms. The van der Waals surface area contributed by atoms with E-state index in [1.807, 2.05) is 0 Å². The Hall–Kier alpha value is -1.86. The third-order valence-corrected chi connectivity index (χ3v) is 1.52. The molecule has 1 aromatic heterocycles. The fraction of sp³-hybridized carbons (Fsp3) is 0.286. The molecule has 0 saturated carbocycles. The summed E-state index contributed by atoms with van der Waals surface area (Å²) in [6, 6.07) is 1.03. The van der Waals surface area contributed by atoms with Crippen molar-refractivity contribution < 1.29 is 18.0 Å². The smallest absolute Gasteiger partial charge is 0.356 e. The van der Waals surface area contributed by atoms with Crippen molar-refractivity contribution >= 4 is 11.7 Å². The van der Waals surface area contributed by atoms with Gasteiger partial charge < -0.3 is 5.73 Å². The molecule has 0 fully saturated rings. The van der Waals surface area contributed by atoms with Gasteiger partial charge in [0.1, 0.15) is 5.82 Å². The molecular weight excluding hydrogens is 215 g/mol. The molecule has 0 aromatic carbocycles. The summed E-state index contributed by atoms with van der Waals surface area (Å²) in [6.45, 7) is 0. The fourth-order valence-electron chi connectivity index (χ4n) is 0.825. The summed E-state index contributed by atoms with van der Waals surface area (Å²) in [7, 11) is 0. The summed E-state index contributed by atoms with van der Waals surface area (Å²) in [5, 5.41) is 0. The highest BCUT2D eigenvalue weighted by Crippen LogP contribution is 2.07. The molecular formula is C7H6F3N3O2. The van der Waals surface area contributed by atoms with Crippen LogP contribution in [0.1, 0.15) is 4.79 Å². The molecule has 1 unspecified atom stereocenters. The lowest BCUT2D eigenvalue weighted by molar-refractivity contribution is 0.0337. The lowest BCUT2D eigenvalue weighted by atomic mass is 10.3. The zero-order valence-corrected chi connectivity index (χ0v) is 7.23. The van der Waals surface area contributed by atoms with Gasteiger partial charge in [0.15, 0.2) is 0 Å². The number of alkyl halides is 3. The monoisotopic (exact) mass is 221 g/mol. The third kappa shape index (κ3) is 2.33. The molecule has 2 N–H and O–H groups in total. The number of anilines is 1. The van der Waals surface area contributed by atoms with Gasteiger partial charge in [0.25, 0.3) is 12.3 Å². The van der Waals surface area contributed by atoms with E-state index >= 15 is 0 Å². The lowest BCUT2D eigenvalue weighted by Crippen LogP contribution is -2.37. The van der Waals surface area contributed by atoms with Gasteiger partial charge in [0, 0.05) is 6.20 Å². The Labute approximate surface area is 81.3 Å². The van der Waals surface area contributed by atoms with Gasteiger partial charge in [-0.1, -0.05) is 0 Å². The summed E-state index contributed by atoms with van der Waals surface area (Å²) < 4.78 is 36.4. The van der Waals surface area contributed by atoms with E-state index in [-0.39, 0.29) is 10.4 Å². The average molecular weight is 221 g/mol. The van der Waals surface area contributed by atoms with Crippen LogP contribution in [0.5, 0.6) is 0 Å². The predicted octanol–water partition coefficient (Wildman–Crippen LogP) is 0.0689. The first-order chi connectivity index (χ1) is 6.93. The van der Waals surface area contributed by atoms with Crippen LogP contribution in [0, 0.1) is 0 Å². The lowest BCUT2D eigenvalue weighted by Gasteiger charge is -2.07. The number of carbonyl (C=O) groups is 1. The van der Waals surface area contributed by atoms with Crippen molar-refractivity contribution in [3.8, 4) is 0 Å². The van der Waals surface area contributed by atoms with Crippen LogP contribution in [0.25, 0.3) is 0 Å². The van der Waals surface area contributed by atoms with Gasteiger partial charge in [-0.05, 0) is 6.07 Å². The standard InChI is InChI=1S/C7H6F3N3O2/c8-4(5(9)10)6(14)13-2-1-3(11)12-7(13)15/h1-2,4-5H,(H2,11,12,15). The number of rotatable bonds is 2. The Morgan fingerprint density at radius 3 is 2.53 bits per heavy atom. The van der Waals surface area contributed by atoms with Crippen LogP contribution >= 0.6 is 0 Å². The summed E-state index contributed by atoms with van der Waals surface area (Å²) in [4.78, 5) is 25.0. The maximum atomic E-state index is 12.6. The van der Waals surface area contributed by atoms with E-state index in [0.717, 1.165) is 12.3 Å². The highest BCUT2D eigenvalue weighted by molar-refractivity contribution is 5.83. The Balaban J connectivity index is 3.07. The zero-order valence-electron chi connectivity index (χ0n) is 7.23. The molecule has 0 aliphatic heterocycles. The Morgan fingerprint density at radius 2 is 2.07 bits per heavy atom. The number of halogens is 3. The Bertz CT molecular complexity index is 432. The maximum absolute atomic E-state index is 12.6. The van der Waals surface area contributed by atoms with Crippen molar-refractivity contribution in [2.75, 3.05) is 5.73 Å². The normalized spacial score (nSPS) is 12.8. The van der Waals surface area contributed by atoms with Crippen molar-refractivity contribution in [1.82, 2.24) is 9.55 Å². The van der Waals surface area contributed by atoms with Crippen LogP contribution < -0.4 is 11.4 Å². The van der Waals surface area contributed by atoms with Gasteiger partial charge in [-0.15, -0.1) is 0 Å². The number of nitrogen functional groups attached to an aromatic ring is 1. The van der Waals surface area contributed by atoms with Crippen LogP contribution in [-0.4, -0.2) is 28.1 Å². The molecule has 0 radical (unpaired) electrons. The second-order valence-corrected chi connectivity index (χ2v) is 2.58. The molecule has 82 valence electrons. The van der Waals surface area contributed by atoms with E-state index in [1.54, 1.807) is 0 Å². The van der Waals surface area contributed by atoms with Crippen molar-refractivity contribution in [2.24, 2.45) is 0 Å². The van der Waals surface area contributed by atoms with Gasteiger partial charge in [0.05, 0.1) is 0 Å². The van der Waals surface area contributed by atoms with E-state index in [2.05, 4.69) is 4.98 Å². The number of aromatic nitrogens is 2. The third-order valence-electron chi connectivity index (χ3n) is 1.52. The van der Waals surface area contributed by atoms with Crippen LogP contribution in [-0.2, 0) is 0 Å². The van der Waals surface area contributed by atoms with Crippen molar-refractivity contribution in [1.29, 1.82) is 0 Å². The first-order valence-corrected chi connectivity index (χ1v) is 3.75. The first-order valence-electron chi connectivity index (χ1n) is 3.75. The molecule has 15 heavy (non-hydrogen) atoms. The van der Waals surface area contributed by atoms with Gasteiger partial charge in [-0.3, -0.25) is 4.79 Å². The first kappa shape index (κ1) is 11.2. The van der Waals surface area contributed by atoms with E-state index < -0.39 is 24.2 Å². The summed E-state index contributed by atoms with van der Waals surface area (Å²) >= 11 is 0. The SMILES string of the molecule is Nc1ccn(C(=O)C(F)C(F)F)c(=O)n1. The van der Waals surface area contributed by atoms with Crippen LogP contribution in [0.2, 0.25) is 0 Å². The second kappa shape index (κ2) is 4.11. The molecule has 1 atom stereocenters. The average Bonchev–Trinajstić information content (AvgIpc) is 2.15. The largest absolute Gasteiger partial charge is 0.383 e. The highest BCUT2D eigenvalue weighted by Gasteiger charge is 2.29. The van der Waals surface area contributed by atoms with Gasteiger partial charge in [-0.25, -0.2) is 22.5 Å². The molecule has 0 aliphatic rings. The maximum Gasteiger partial charge on any atom is 0.356 e. The highest BCUT2D eigenvalue weighted by atomic mass is 19.3. The van der Waals surface area contributed by atoms with E-state index in [0.29, 0.717) is 0 Å². The molecule has 1 aromatic rings. The predicted molar refractivity (Wildman–Crippen MR) is 44.4 cm³/mol. The van der Waals surface area contributed by atoms with Crippen molar-refractivity contribution in [3.05, 3.63) is 22.7 Å². The van der Waals surface area contributed by atoms with Crippen LogP contribution in [0.15, 0.2) is 17.1 Å². The number of nitrogens with zero attached hydrogens (tertiary/aromatic N) is 2. The molecule has 0 spiro atoms. The van der Waals surface area contributed by atoms with Crippen LogP contribution in [0.3, 0.4) is 0 Å². The van der Waals surface area contributed by atoms with E-state index in [1.165, 1.54) is 0 Å². The molecule has 1 rings (SSSR count). The quantitative estimate of drug-likeness (QED) is 0.766. The van der Waals surface area contributed by atoms with E-state index in [4.69, 9.17) is 5.73 Å². The Morgan fingerprint density at radius 1 is 1.47 bits per heavy atom.